The highest BCUT2D eigenvalue weighted by Crippen LogP contribution is 2.51. The average molecular weight is 711 g/mol. The van der Waals surface area contributed by atoms with Crippen molar-refractivity contribution in [2.45, 2.75) is 0 Å². The van der Waals surface area contributed by atoms with Gasteiger partial charge in [0, 0.05) is 49.0 Å². The van der Waals surface area contributed by atoms with Crippen molar-refractivity contribution in [3.05, 3.63) is 182 Å². The zero-order valence-electron chi connectivity index (χ0n) is 30.1. The van der Waals surface area contributed by atoms with Crippen LogP contribution in [0.2, 0.25) is 0 Å². The number of benzene rings is 9. The van der Waals surface area contributed by atoms with Gasteiger partial charge in [0.05, 0.1) is 39.0 Å². The molecule has 0 fully saturated rings. The second kappa shape index (κ2) is 11.0. The molecule has 56 heavy (non-hydrogen) atoms. The number of hydrogen-bond donors (Lipinski definition) is 0. The smallest absolute Gasteiger partial charge is 0.235 e. The summed E-state index contributed by atoms with van der Waals surface area (Å²) in [5.41, 5.74) is 13.6. The number of para-hydroxylation sites is 3. The third kappa shape index (κ3) is 3.92. The third-order valence-electron chi connectivity index (χ3n) is 12.0. The second-order valence-corrected chi connectivity index (χ2v) is 14.9. The van der Waals surface area contributed by atoms with E-state index in [1.807, 2.05) is 0 Å². The van der Waals surface area contributed by atoms with Gasteiger partial charge in [-0.3, -0.25) is 4.57 Å². The van der Waals surface area contributed by atoms with E-state index in [-0.39, 0.29) is 0 Å². The van der Waals surface area contributed by atoms with Crippen molar-refractivity contribution in [1.82, 2.24) is 19.1 Å². The van der Waals surface area contributed by atoms with Crippen molar-refractivity contribution in [1.29, 1.82) is 0 Å². The summed E-state index contributed by atoms with van der Waals surface area (Å²) in [5.74, 6) is 0.656. The Hall–Kier alpha value is -7.56. The fourth-order valence-corrected chi connectivity index (χ4v) is 9.64. The molecule has 0 N–H and O–H groups in total. The van der Waals surface area contributed by atoms with Crippen LogP contribution >= 0.6 is 0 Å². The molecule has 0 unspecified atom stereocenters. The van der Waals surface area contributed by atoms with E-state index in [1.165, 1.54) is 71.3 Å². The topological polar surface area (TPSA) is 35.6 Å². The monoisotopic (exact) mass is 710 g/mol. The molecule has 0 aliphatic carbocycles. The van der Waals surface area contributed by atoms with Crippen LogP contribution in [0.3, 0.4) is 0 Å². The number of nitrogens with zero attached hydrogens (tertiary/aromatic N) is 4. The van der Waals surface area contributed by atoms with Gasteiger partial charge in [0.15, 0.2) is 0 Å². The first-order valence-electron chi connectivity index (χ1n) is 19.2. The van der Waals surface area contributed by atoms with E-state index in [9.17, 15) is 0 Å². The van der Waals surface area contributed by atoms with Crippen LogP contribution < -0.4 is 0 Å². The van der Waals surface area contributed by atoms with Crippen LogP contribution in [0.25, 0.3) is 121 Å². The first-order valence-corrected chi connectivity index (χ1v) is 19.2. The maximum Gasteiger partial charge on any atom is 0.235 e. The van der Waals surface area contributed by atoms with Crippen molar-refractivity contribution in [3.63, 3.8) is 0 Å². The minimum atomic E-state index is 0.656. The average Bonchev–Trinajstić information content (AvgIpc) is 3.73. The van der Waals surface area contributed by atoms with Gasteiger partial charge in [-0.1, -0.05) is 146 Å². The van der Waals surface area contributed by atoms with Crippen LogP contribution in [-0.2, 0) is 0 Å². The molecule has 3 aromatic heterocycles. The summed E-state index contributed by atoms with van der Waals surface area (Å²) in [4.78, 5) is 11.1. The quantitative estimate of drug-likeness (QED) is 0.167. The Morgan fingerprint density at radius 2 is 1.02 bits per heavy atom. The fourth-order valence-electron chi connectivity index (χ4n) is 9.64. The third-order valence-corrected chi connectivity index (χ3v) is 12.0. The van der Waals surface area contributed by atoms with Crippen LogP contribution in [0.15, 0.2) is 182 Å². The van der Waals surface area contributed by atoms with Gasteiger partial charge in [0.1, 0.15) is 0 Å². The molecule has 12 aromatic rings. The van der Waals surface area contributed by atoms with Crippen molar-refractivity contribution in [3.8, 4) is 45.1 Å². The van der Waals surface area contributed by atoms with Crippen LogP contribution in [-0.4, -0.2) is 19.1 Å². The number of rotatable bonds is 2. The van der Waals surface area contributed by atoms with Crippen LogP contribution in [0.5, 0.6) is 0 Å². The van der Waals surface area contributed by atoms with Crippen molar-refractivity contribution >= 4 is 76.1 Å². The summed E-state index contributed by atoms with van der Waals surface area (Å²) < 4.78 is 4.82. The van der Waals surface area contributed by atoms with Crippen molar-refractivity contribution in [2.24, 2.45) is 0 Å². The standard InChI is InChI=1S/C52H30N4/c1-2-15-33-29-34(26-25-31(33)13-1)49-41-28-27-32-14-3-4-16-35(32)50(41)54-52(53-49)56-45-24-12-9-21-40(45)47-46(56)30-42-38-19-8-11-23-44(38)55-43-22-10-7-18-37(43)36-17-5-6-20-39(36)48(47)51(42)55/h1-30H. The maximum atomic E-state index is 5.59. The SMILES string of the molecule is c1ccc2c(c1)-c1ccccc1-n1c3ccccc3c3cc4c(c-2c31)c1ccccc1n4-c1nc(-c2ccc3ccccc3c2)c2ccc3ccccc3c2n1. The predicted octanol–water partition coefficient (Wildman–Crippen LogP) is 13.4. The van der Waals surface area contributed by atoms with Crippen LogP contribution in [0.4, 0.5) is 0 Å². The zero-order valence-corrected chi connectivity index (χ0v) is 30.1. The normalized spacial score (nSPS) is 12.3. The molecule has 0 amide bonds. The van der Waals surface area contributed by atoms with Crippen LogP contribution in [0.1, 0.15) is 0 Å². The molecule has 0 spiro atoms. The molecule has 258 valence electrons. The Labute approximate surface area is 321 Å². The summed E-state index contributed by atoms with van der Waals surface area (Å²) in [6.45, 7) is 0. The molecule has 1 aliphatic rings. The fraction of sp³-hybridized carbons (Fsp3) is 0. The lowest BCUT2D eigenvalue weighted by molar-refractivity contribution is 1.02. The molecular formula is C52H30N4. The highest BCUT2D eigenvalue weighted by atomic mass is 15.2. The number of aromatic nitrogens is 4. The molecule has 0 saturated carbocycles. The lowest BCUT2D eigenvalue weighted by Gasteiger charge is -2.14. The van der Waals surface area contributed by atoms with Gasteiger partial charge in [-0.25, -0.2) is 9.97 Å². The van der Waals surface area contributed by atoms with Gasteiger partial charge < -0.3 is 4.57 Å². The summed E-state index contributed by atoms with van der Waals surface area (Å²) in [5, 5.41) is 10.5. The molecule has 13 rings (SSSR count). The predicted molar refractivity (Wildman–Crippen MR) is 233 cm³/mol. The molecule has 4 nitrogen and oxygen atoms in total. The number of hydrogen-bond acceptors (Lipinski definition) is 2. The van der Waals surface area contributed by atoms with Crippen molar-refractivity contribution in [2.75, 3.05) is 0 Å². The lowest BCUT2D eigenvalue weighted by atomic mass is 9.91. The van der Waals surface area contributed by atoms with Crippen LogP contribution in [0, 0.1) is 0 Å². The van der Waals surface area contributed by atoms with Crippen molar-refractivity contribution < 1.29 is 0 Å². The molecule has 0 radical (unpaired) electrons. The molecule has 4 heteroatoms. The largest absolute Gasteiger partial charge is 0.308 e. The van der Waals surface area contributed by atoms with Gasteiger partial charge >= 0.3 is 0 Å². The lowest BCUT2D eigenvalue weighted by Crippen LogP contribution is -2.04. The minimum absolute atomic E-state index is 0.656. The van der Waals surface area contributed by atoms with E-state index in [2.05, 4.69) is 191 Å². The number of fused-ring (bicyclic) bond motifs is 16. The Kier molecular flexibility index (Phi) is 5.86. The zero-order chi connectivity index (χ0) is 36.5. The minimum Gasteiger partial charge on any atom is -0.308 e. The summed E-state index contributed by atoms with van der Waals surface area (Å²) in [6, 6.07) is 65.9. The molecule has 1 aliphatic heterocycles. The van der Waals surface area contributed by atoms with Gasteiger partial charge in [0.2, 0.25) is 5.95 Å². The highest BCUT2D eigenvalue weighted by Gasteiger charge is 2.29. The van der Waals surface area contributed by atoms with E-state index in [1.54, 1.807) is 0 Å². The van der Waals surface area contributed by atoms with Gasteiger partial charge in [-0.05, 0) is 63.7 Å². The molecule has 4 heterocycles. The Morgan fingerprint density at radius 3 is 1.88 bits per heavy atom. The van der Waals surface area contributed by atoms with E-state index >= 15 is 0 Å². The van der Waals surface area contributed by atoms with Gasteiger partial charge in [-0.15, -0.1) is 0 Å². The molecule has 9 aromatic carbocycles. The molecule has 0 bridgehead atoms. The van der Waals surface area contributed by atoms with E-state index < -0.39 is 0 Å². The highest BCUT2D eigenvalue weighted by molar-refractivity contribution is 6.28. The van der Waals surface area contributed by atoms with E-state index in [0.717, 1.165) is 44.0 Å². The molecular weight excluding hydrogens is 681 g/mol. The maximum absolute atomic E-state index is 5.59. The summed E-state index contributed by atoms with van der Waals surface area (Å²) >= 11 is 0. The summed E-state index contributed by atoms with van der Waals surface area (Å²) in [6.07, 6.45) is 0. The Bertz CT molecular complexity index is 3660. The Morgan fingerprint density at radius 1 is 0.375 bits per heavy atom. The summed E-state index contributed by atoms with van der Waals surface area (Å²) in [7, 11) is 0. The van der Waals surface area contributed by atoms with Gasteiger partial charge in [-0.2, -0.15) is 0 Å². The van der Waals surface area contributed by atoms with E-state index in [0.29, 0.717) is 5.95 Å². The van der Waals surface area contributed by atoms with E-state index in [4.69, 9.17) is 9.97 Å². The Balaban J connectivity index is 1.24. The van der Waals surface area contributed by atoms with Gasteiger partial charge in [0.25, 0.3) is 0 Å². The molecule has 0 saturated heterocycles. The first-order chi connectivity index (χ1) is 27.8. The first kappa shape index (κ1) is 29.8. The molecule has 0 atom stereocenters. The second-order valence-electron chi connectivity index (χ2n) is 14.9.